The van der Waals surface area contributed by atoms with Crippen LogP contribution in [0.3, 0.4) is 0 Å². The van der Waals surface area contributed by atoms with E-state index in [1.54, 1.807) is 6.07 Å². The number of nitrogens with one attached hydrogen (secondary N) is 1. The SMILES string of the molecule is CCc1ccccc1NC(=O)COC(=O)[C@@H](C)N1C(=O)[C@@H]2[C@@H]3CC[C@@H](C3)[C@@H]2C1=O. The molecule has 1 heterocycles. The molecule has 2 saturated carbocycles. The molecule has 4 rings (SSSR count). The number of rotatable bonds is 6. The molecule has 29 heavy (non-hydrogen) atoms. The van der Waals surface area contributed by atoms with Gasteiger partial charge in [-0.2, -0.15) is 0 Å². The van der Waals surface area contributed by atoms with Gasteiger partial charge in [0.25, 0.3) is 5.91 Å². The highest BCUT2D eigenvalue weighted by atomic mass is 16.5. The largest absolute Gasteiger partial charge is 0.454 e. The maximum absolute atomic E-state index is 12.8. The number of anilines is 1. The molecule has 7 nitrogen and oxygen atoms in total. The number of carbonyl (C=O) groups excluding carboxylic acids is 4. The Labute approximate surface area is 169 Å². The molecule has 1 aliphatic heterocycles. The molecule has 5 atom stereocenters. The molecule has 2 bridgehead atoms. The Morgan fingerprint density at radius 2 is 1.76 bits per heavy atom. The van der Waals surface area contributed by atoms with Gasteiger partial charge in [-0.3, -0.25) is 19.3 Å². The van der Waals surface area contributed by atoms with E-state index in [2.05, 4.69) is 5.32 Å². The zero-order chi connectivity index (χ0) is 20.7. The van der Waals surface area contributed by atoms with Crippen LogP contribution in [0.25, 0.3) is 0 Å². The third kappa shape index (κ3) is 3.32. The zero-order valence-corrected chi connectivity index (χ0v) is 16.7. The number of esters is 1. The fourth-order valence-corrected chi connectivity index (χ4v) is 5.31. The number of fused-ring (bicyclic) bond motifs is 5. The molecule has 3 aliphatic rings. The lowest BCUT2D eigenvalue weighted by Gasteiger charge is -2.23. The van der Waals surface area contributed by atoms with E-state index < -0.39 is 24.5 Å². The van der Waals surface area contributed by atoms with E-state index in [4.69, 9.17) is 4.74 Å². The van der Waals surface area contributed by atoms with Crippen LogP contribution in [0.15, 0.2) is 24.3 Å². The summed E-state index contributed by atoms with van der Waals surface area (Å²) in [6.07, 6.45) is 3.67. The third-order valence-corrected chi connectivity index (χ3v) is 6.71. The molecular weight excluding hydrogens is 372 g/mol. The van der Waals surface area contributed by atoms with Gasteiger partial charge >= 0.3 is 5.97 Å². The van der Waals surface area contributed by atoms with E-state index in [1.165, 1.54) is 6.92 Å². The number of hydrogen-bond donors (Lipinski definition) is 1. The summed E-state index contributed by atoms with van der Waals surface area (Å²) >= 11 is 0. The number of likely N-dealkylation sites (tertiary alicyclic amines) is 1. The minimum Gasteiger partial charge on any atom is -0.454 e. The summed E-state index contributed by atoms with van der Waals surface area (Å²) in [4.78, 5) is 51.3. The van der Waals surface area contributed by atoms with Crippen molar-refractivity contribution >= 4 is 29.4 Å². The van der Waals surface area contributed by atoms with E-state index in [-0.39, 0.29) is 35.5 Å². The van der Waals surface area contributed by atoms with E-state index >= 15 is 0 Å². The lowest BCUT2D eigenvalue weighted by Crippen LogP contribution is -2.45. The van der Waals surface area contributed by atoms with Gasteiger partial charge in [0.1, 0.15) is 6.04 Å². The van der Waals surface area contributed by atoms with Crippen molar-refractivity contribution in [2.24, 2.45) is 23.7 Å². The number of amides is 3. The standard InChI is InChI=1S/C22H26N2O5/c1-3-13-6-4-5-7-16(13)23-17(25)11-29-22(28)12(2)24-20(26)18-14-8-9-15(10-14)19(18)21(24)27/h4-7,12,14-15,18-19H,3,8-11H2,1-2H3,(H,23,25)/t12-,14-,15+,18-,19+/m1/s1. The molecule has 7 heteroatoms. The predicted octanol–water partition coefficient (Wildman–Crippen LogP) is 2.15. The van der Waals surface area contributed by atoms with Gasteiger partial charge in [0.05, 0.1) is 11.8 Å². The predicted molar refractivity (Wildman–Crippen MR) is 105 cm³/mol. The monoisotopic (exact) mass is 398 g/mol. The van der Waals surface area contributed by atoms with Crippen LogP contribution in [0.4, 0.5) is 5.69 Å². The Morgan fingerprint density at radius 3 is 2.38 bits per heavy atom. The van der Waals surface area contributed by atoms with Gasteiger partial charge in [-0.05, 0) is 56.1 Å². The normalized spacial score (nSPS) is 28.4. The topological polar surface area (TPSA) is 92.8 Å². The quantitative estimate of drug-likeness (QED) is 0.585. The first kappa shape index (κ1) is 19.6. The fraction of sp³-hybridized carbons (Fsp3) is 0.545. The number of nitrogens with zero attached hydrogens (tertiary/aromatic N) is 1. The fourth-order valence-electron chi connectivity index (χ4n) is 5.31. The summed E-state index contributed by atoms with van der Waals surface area (Å²) in [6.45, 7) is 3.01. The lowest BCUT2D eigenvalue weighted by molar-refractivity contribution is -0.159. The number of imide groups is 1. The highest BCUT2D eigenvalue weighted by molar-refractivity contribution is 6.08. The maximum atomic E-state index is 12.8. The Balaban J connectivity index is 1.35. The average Bonchev–Trinajstić information content (AvgIpc) is 3.40. The number of benzene rings is 1. The van der Waals surface area contributed by atoms with Crippen LogP contribution in [0.2, 0.25) is 0 Å². The van der Waals surface area contributed by atoms with Crippen molar-refractivity contribution in [3.63, 3.8) is 0 Å². The molecule has 0 unspecified atom stereocenters. The van der Waals surface area contributed by atoms with Crippen LogP contribution in [-0.4, -0.2) is 41.2 Å². The molecule has 0 radical (unpaired) electrons. The summed E-state index contributed by atoms with van der Waals surface area (Å²) in [5.74, 6) is -1.72. The highest BCUT2D eigenvalue weighted by Crippen LogP contribution is 2.56. The van der Waals surface area contributed by atoms with Gasteiger partial charge in [-0.15, -0.1) is 0 Å². The molecule has 3 amide bonds. The first-order valence-corrected chi connectivity index (χ1v) is 10.3. The molecular formula is C22H26N2O5. The van der Waals surface area contributed by atoms with Crippen molar-refractivity contribution in [3.8, 4) is 0 Å². The number of para-hydroxylation sites is 1. The van der Waals surface area contributed by atoms with Gasteiger partial charge in [0, 0.05) is 5.69 Å². The first-order chi connectivity index (χ1) is 13.9. The van der Waals surface area contributed by atoms with Crippen LogP contribution in [0.1, 0.15) is 38.7 Å². The van der Waals surface area contributed by atoms with Crippen molar-refractivity contribution in [2.45, 2.75) is 45.6 Å². The molecule has 3 fully saturated rings. The summed E-state index contributed by atoms with van der Waals surface area (Å²) in [7, 11) is 0. The molecule has 2 aliphatic carbocycles. The molecule has 1 aromatic carbocycles. The van der Waals surface area contributed by atoms with Gasteiger partial charge in [0.15, 0.2) is 6.61 Å². The Bertz CT molecular complexity index is 839. The Kier molecular flexibility index (Phi) is 5.15. The number of aryl methyl sites for hydroxylation is 1. The van der Waals surface area contributed by atoms with Crippen LogP contribution in [0, 0.1) is 23.7 Å². The van der Waals surface area contributed by atoms with E-state index in [0.717, 1.165) is 36.1 Å². The summed E-state index contributed by atoms with van der Waals surface area (Å²) in [6, 6.07) is 6.39. The van der Waals surface area contributed by atoms with E-state index in [0.29, 0.717) is 5.69 Å². The molecule has 0 aromatic heterocycles. The zero-order valence-electron chi connectivity index (χ0n) is 16.7. The molecule has 154 valence electrons. The van der Waals surface area contributed by atoms with Gasteiger partial charge in [0.2, 0.25) is 11.8 Å². The summed E-state index contributed by atoms with van der Waals surface area (Å²) in [5, 5.41) is 2.73. The van der Waals surface area contributed by atoms with Crippen molar-refractivity contribution in [2.75, 3.05) is 11.9 Å². The Morgan fingerprint density at radius 1 is 1.14 bits per heavy atom. The summed E-state index contributed by atoms with van der Waals surface area (Å²) < 4.78 is 5.11. The van der Waals surface area contributed by atoms with Gasteiger partial charge in [-0.25, -0.2) is 4.79 Å². The number of hydrogen-bond acceptors (Lipinski definition) is 5. The van der Waals surface area contributed by atoms with E-state index in [9.17, 15) is 19.2 Å². The second-order valence-electron chi connectivity index (χ2n) is 8.27. The minimum atomic E-state index is -1.02. The average molecular weight is 398 g/mol. The molecule has 0 spiro atoms. The van der Waals surface area contributed by atoms with Crippen molar-refractivity contribution in [1.82, 2.24) is 4.90 Å². The van der Waals surface area contributed by atoms with Crippen LogP contribution in [0.5, 0.6) is 0 Å². The van der Waals surface area contributed by atoms with Crippen molar-refractivity contribution in [1.29, 1.82) is 0 Å². The maximum Gasteiger partial charge on any atom is 0.329 e. The minimum absolute atomic E-state index is 0.252. The lowest BCUT2D eigenvalue weighted by atomic mass is 9.81. The number of ether oxygens (including phenoxy) is 1. The molecule has 1 saturated heterocycles. The smallest absolute Gasteiger partial charge is 0.329 e. The van der Waals surface area contributed by atoms with Crippen LogP contribution < -0.4 is 5.32 Å². The van der Waals surface area contributed by atoms with Crippen LogP contribution >= 0.6 is 0 Å². The molecule has 1 N–H and O–H groups in total. The van der Waals surface area contributed by atoms with Gasteiger partial charge in [-0.1, -0.05) is 25.1 Å². The highest BCUT2D eigenvalue weighted by Gasteiger charge is 2.62. The second kappa shape index (κ2) is 7.61. The van der Waals surface area contributed by atoms with Crippen molar-refractivity contribution < 1.29 is 23.9 Å². The van der Waals surface area contributed by atoms with Crippen LogP contribution in [-0.2, 0) is 30.3 Å². The van der Waals surface area contributed by atoms with E-state index in [1.807, 2.05) is 25.1 Å². The third-order valence-electron chi connectivity index (χ3n) is 6.71. The number of carbonyl (C=O) groups is 4. The van der Waals surface area contributed by atoms with Crippen molar-refractivity contribution in [3.05, 3.63) is 29.8 Å². The van der Waals surface area contributed by atoms with Gasteiger partial charge < -0.3 is 10.1 Å². The second-order valence-corrected chi connectivity index (χ2v) is 8.27. The Hall–Kier alpha value is -2.70. The summed E-state index contributed by atoms with van der Waals surface area (Å²) in [5.41, 5.74) is 1.66. The first-order valence-electron chi connectivity index (χ1n) is 10.3. The molecule has 1 aromatic rings.